The average Bonchev–Trinajstić information content (AvgIpc) is 2.68. The van der Waals surface area contributed by atoms with E-state index >= 15 is 0 Å². The first-order chi connectivity index (χ1) is 13.3. The molecule has 0 heterocycles. The molecule has 1 aromatic carbocycles. The first-order valence-corrected chi connectivity index (χ1v) is 8.46. The van der Waals surface area contributed by atoms with Gasteiger partial charge in [0.2, 0.25) is 5.75 Å². The van der Waals surface area contributed by atoms with Crippen LogP contribution in [-0.4, -0.2) is 81.3 Å². The smallest absolute Gasteiger partial charge is 0.207 e. The molecule has 0 saturated carbocycles. The molecule has 0 aliphatic carbocycles. The Bertz CT molecular complexity index is 438. The zero-order valence-corrected chi connectivity index (χ0v) is 16.2. The molecule has 0 fully saturated rings. The van der Waals surface area contributed by atoms with E-state index in [0.717, 1.165) is 0 Å². The van der Waals surface area contributed by atoms with Crippen LogP contribution in [0.25, 0.3) is 0 Å². The van der Waals surface area contributed by atoms with Gasteiger partial charge in [0.25, 0.3) is 0 Å². The highest BCUT2D eigenvalue weighted by Crippen LogP contribution is 2.37. The highest BCUT2D eigenvalue weighted by molar-refractivity contribution is 5.50. The number of methoxy groups -OCH3 is 3. The van der Waals surface area contributed by atoms with Gasteiger partial charge >= 0.3 is 0 Å². The van der Waals surface area contributed by atoms with Gasteiger partial charge in [0.15, 0.2) is 31.9 Å². The van der Waals surface area contributed by atoms with Gasteiger partial charge in [-0.1, -0.05) is 0 Å². The van der Waals surface area contributed by atoms with Crippen molar-refractivity contribution in [2.24, 2.45) is 0 Å². The zero-order valence-electron chi connectivity index (χ0n) is 16.2. The summed E-state index contributed by atoms with van der Waals surface area (Å²) in [5, 5.41) is 0. The predicted molar refractivity (Wildman–Crippen MR) is 95.2 cm³/mol. The molecule has 9 heteroatoms. The van der Waals surface area contributed by atoms with E-state index in [2.05, 4.69) is 6.07 Å². The van der Waals surface area contributed by atoms with Crippen molar-refractivity contribution in [3.05, 3.63) is 18.2 Å². The summed E-state index contributed by atoms with van der Waals surface area (Å²) in [5.41, 5.74) is 0. The van der Waals surface area contributed by atoms with E-state index in [-0.39, 0.29) is 20.4 Å². The van der Waals surface area contributed by atoms with Crippen LogP contribution in [0.5, 0.6) is 17.2 Å². The molecule has 1 radical (unpaired) electrons. The molecule has 0 aliphatic heterocycles. The molecular formula is C18H29O9. The molecule has 0 aliphatic rings. The maximum Gasteiger partial charge on any atom is 0.207 e. The lowest BCUT2D eigenvalue weighted by Crippen LogP contribution is -2.12. The molecule has 27 heavy (non-hydrogen) atoms. The summed E-state index contributed by atoms with van der Waals surface area (Å²) in [6.07, 6.45) is 0. The molecule has 9 nitrogen and oxygen atoms in total. The summed E-state index contributed by atoms with van der Waals surface area (Å²) in [6.45, 7) is 2.73. The van der Waals surface area contributed by atoms with Crippen molar-refractivity contribution in [1.82, 2.24) is 0 Å². The Morgan fingerprint density at radius 3 is 1.74 bits per heavy atom. The van der Waals surface area contributed by atoms with Crippen LogP contribution < -0.4 is 14.2 Å². The minimum absolute atomic E-state index is 0.00297. The van der Waals surface area contributed by atoms with Crippen molar-refractivity contribution in [2.75, 3.05) is 81.3 Å². The van der Waals surface area contributed by atoms with Gasteiger partial charge in [0, 0.05) is 27.4 Å². The maximum absolute atomic E-state index is 5.65. The zero-order chi connectivity index (χ0) is 19.6. The minimum atomic E-state index is 0.00297. The van der Waals surface area contributed by atoms with Crippen LogP contribution in [0, 0.1) is 6.07 Å². The summed E-state index contributed by atoms with van der Waals surface area (Å²) in [4.78, 5) is 0. The van der Waals surface area contributed by atoms with E-state index in [1.165, 1.54) is 0 Å². The van der Waals surface area contributed by atoms with E-state index in [4.69, 9.17) is 42.6 Å². The lowest BCUT2D eigenvalue weighted by Gasteiger charge is -2.16. The Balaban J connectivity index is 2.60. The van der Waals surface area contributed by atoms with E-state index < -0.39 is 0 Å². The first kappa shape index (κ1) is 23.4. The maximum atomic E-state index is 5.65. The second kappa shape index (κ2) is 16.5. The first-order valence-electron chi connectivity index (χ1n) is 8.46. The molecular weight excluding hydrogens is 360 g/mol. The molecule has 0 bridgehead atoms. The van der Waals surface area contributed by atoms with Gasteiger partial charge in [0.1, 0.15) is 0 Å². The molecule has 0 N–H and O–H groups in total. The third-order valence-electron chi connectivity index (χ3n) is 3.05. The van der Waals surface area contributed by atoms with Gasteiger partial charge in [-0.15, -0.1) is 0 Å². The van der Waals surface area contributed by atoms with Gasteiger partial charge in [-0.2, -0.15) is 0 Å². The molecule has 0 spiro atoms. The van der Waals surface area contributed by atoms with Crippen molar-refractivity contribution < 1.29 is 42.6 Å². The van der Waals surface area contributed by atoms with Crippen LogP contribution in [0.2, 0.25) is 0 Å². The van der Waals surface area contributed by atoms with Crippen LogP contribution in [0.15, 0.2) is 12.1 Å². The monoisotopic (exact) mass is 389 g/mol. The van der Waals surface area contributed by atoms with Crippen molar-refractivity contribution in [3.8, 4) is 17.2 Å². The second-order valence-corrected chi connectivity index (χ2v) is 4.99. The average molecular weight is 389 g/mol. The normalized spacial score (nSPS) is 10.8. The fraction of sp³-hybridized carbons (Fsp3) is 0.667. The third kappa shape index (κ3) is 11.0. The van der Waals surface area contributed by atoms with Crippen LogP contribution in [-0.2, 0) is 28.4 Å². The Morgan fingerprint density at radius 1 is 0.667 bits per heavy atom. The molecule has 0 atom stereocenters. The lowest BCUT2D eigenvalue weighted by atomic mass is 10.3. The van der Waals surface area contributed by atoms with Crippen LogP contribution in [0.3, 0.4) is 0 Å². The predicted octanol–water partition coefficient (Wildman–Crippen LogP) is 1.48. The van der Waals surface area contributed by atoms with Crippen molar-refractivity contribution in [2.45, 2.75) is 0 Å². The molecule has 0 amide bonds. The Hall–Kier alpha value is -1.62. The number of hydrogen-bond donors (Lipinski definition) is 0. The third-order valence-corrected chi connectivity index (χ3v) is 3.05. The fourth-order valence-corrected chi connectivity index (χ4v) is 1.71. The summed E-state index contributed by atoms with van der Waals surface area (Å²) in [6, 6.07) is 6.31. The van der Waals surface area contributed by atoms with Gasteiger partial charge in [0.05, 0.1) is 39.6 Å². The van der Waals surface area contributed by atoms with Crippen LogP contribution in [0.4, 0.5) is 0 Å². The summed E-state index contributed by atoms with van der Waals surface area (Å²) < 4.78 is 47.5. The summed E-state index contributed by atoms with van der Waals surface area (Å²) in [7, 11) is 4.80. The number of ether oxygens (including phenoxy) is 9. The number of benzene rings is 1. The second-order valence-electron chi connectivity index (χ2n) is 4.99. The SMILES string of the molecule is COCCOCOc1[c]ccc(OCOCCOC)c1OCOCCOC. The Morgan fingerprint density at radius 2 is 1.19 bits per heavy atom. The largest absolute Gasteiger partial charge is 0.464 e. The summed E-state index contributed by atoms with van der Waals surface area (Å²) in [5.74, 6) is 1.13. The Labute approximate surface area is 160 Å². The van der Waals surface area contributed by atoms with Gasteiger partial charge in [-0.25, -0.2) is 0 Å². The molecule has 0 unspecified atom stereocenters. The van der Waals surface area contributed by atoms with Gasteiger partial charge in [-0.05, 0) is 12.1 Å². The van der Waals surface area contributed by atoms with Crippen LogP contribution in [0.1, 0.15) is 0 Å². The molecule has 155 valence electrons. The van der Waals surface area contributed by atoms with E-state index in [1.807, 2.05) is 0 Å². The topological polar surface area (TPSA) is 83.1 Å². The summed E-state index contributed by atoms with van der Waals surface area (Å²) >= 11 is 0. The van der Waals surface area contributed by atoms with Crippen molar-refractivity contribution in [1.29, 1.82) is 0 Å². The molecule has 0 saturated heterocycles. The van der Waals surface area contributed by atoms with Crippen molar-refractivity contribution in [3.63, 3.8) is 0 Å². The van der Waals surface area contributed by atoms with E-state index in [1.54, 1.807) is 33.5 Å². The quantitative estimate of drug-likeness (QED) is 0.274. The van der Waals surface area contributed by atoms with Crippen LogP contribution >= 0.6 is 0 Å². The Kier molecular flexibility index (Phi) is 14.4. The minimum Gasteiger partial charge on any atom is -0.464 e. The lowest BCUT2D eigenvalue weighted by molar-refractivity contribution is -0.0278. The van der Waals surface area contributed by atoms with Crippen molar-refractivity contribution >= 4 is 0 Å². The van der Waals surface area contributed by atoms with E-state index in [9.17, 15) is 0 Å². The number of hydrogen-bond acceptors (Lipinski definition) is 9. The van der Waals surface area contributed by atoms with Gasteiger partial charge in [-0.3, -0.25) is 0 Å². The molecule has 1 aromatic rings. The molecule has 1 rings (SSSR count). The highest BCUT2D eigenvalue weighted by Gasteiger charge is 2.14. The number of rotatable bonds is 18. The standard InChI is InChI=1S/C18H29O9/c1-19-7-10-22-13-25-16-5-4-6-17(26-14-23-11-8-20-2)18(16)27-15-24-12-9-21-3/h4-5H,7-15H2,1-3H3. The highest BCUT2D eigenvalue weighted by atomic mass is 16.7. The fourth-order valence-electron chi connectivity index (χ4n) is 1.71. The van der Waals surface area contributed by atoms with E-state index in [0.29, 0.717) is 56.9 Å². The molecule has 0 aromatic heterocycles. The van der Waals surface area contributed by atoms with Gasteiger partial charge < -0.3 is 42.6 Å².